The van der Waals surface area contributed by atoms with E-state index < -0.39 is 0 Å². The van der Waals surface area contributed by atoms with Crippen molar-refractivity contribution in [3.63, 3.8) is 0 Å². The van der Waals surface area contributed by atoms with E-state index in [1.54, 1.807) is 0 Å². The lowest BCUT2D eigenvalue weighted by atomic mass is 9.95. The van der Waals surface area contributed by atoms with Gasteiger partial charge >= 0.3 is 0 Å². The van der Waals surface area contributed by atoms with Crippen molar-refractivity contribution in [2.75, 3.05) is 13.2 Å². The maximum Gasteiger partial charge on any atom is 0.188 e. The van der Waals surface area contributed by atoms with Crippen LogP contribution in [-0.2, 0) is 11.2 Å². The molecule has 0 spiro atoms. The van der Waals surface area contributed by atoms with E-state index >= 15 is 0 Å². The summed E-state index contributed by atoms with van der Waals surface area (Å²) in [5.74, 6) is 0.0956. The highest BCUT2D eigenvalue weighted by molar-refractivity contribution is 6.03. The molecule has 2 aromatic rings. The summed E-state index contributed by atoms with van der Waals surface area (Å²) in [5.41, 5.74) is 1.97. The molecule has 1 aliphatic heterocycles. The highest BCUT2D eigenvalue weighted by atomic mass is 16.5. The zero-order valence-corrected chi connectivity index (χ0v) is 8.90. The lowest BCUT2D eigenvalue weighted by Crippen LogP contribution is -2.06. The van der Waals surface area contributed by atoms with Crippen molar-refractivity contribution in [2.24, 2.45) is 0 Å². The smallest absolute Gasteiger partial charge is 0.188 e. The summed E-state index contributed by atoms with van der Waals surface area (Å²) < 4.78 is 5.29. The molecule has 0 bridgehead atoms. The van der Waals surface area contributed by atoms with Gasteiger partial charge in [-0.25, -0.2) is 0 Å². The minimum absolute atomic E-state index is 0.0956. The normalized spacial score (nSPS) is 15.9. The predicted octanol–water partition coefficient (Wildman–Crippen LogP) is 2.60. The van der Waals surface area contributed by atoms with Crippen molar-refractivity contribution in [2.45, 2.75) is 6.42 Å². The lowest BCUT2D eigenvalue weighted by molar-refractivity contribution is 0.0788. The molecule has 0 atom stereocenters. The van der Waals surface area contributed by atoms with E-state index in [-0.39, 0.29) is 12.4 Å². The zero-order valence-electron chi connectivity index (χ0n) is 8.90. The molecule has 0 saturated heterocycles. The van der Waals surface area contributed by atoms with Gasteiger partial charge in [-0.3, -0.25) is 4.79 Å². The minimum atomic E-state index is 0.0956. The molecule has 0 aliphatic carbocycles. The van der Waals surface area contributed by atoms with Crippen LogP contribution in [0.25, 0.3) is 10.8 Å². The maximum atomic E-state index is 11.8. The molecular formula is C14H12O2. The summed E-state index contributed by atoms with van der Waals surface area (Å²) in [7, 11) is 0. The highest BCUT2D eigenvalue weighted by Crippen LogP contribution is 2.25. The number of hydrogen-bond acceptors (Lipinski definition) is 2. The Morgan fingerprint density at radius 1 is 1.06 bits per heavy atom. The molecular weight excluding hydrogens is 200 g/mol. The van der Waals surface area contributed by atoms with Crippen molar-refractivity contribution in [1.29, 1.82) is 0 Å². The molecule has 2 heteroatoms. The fraction of sp³-hybridized carbons (Fsp3) is 0.214. The molecule has 0 aromatic heterocycles. The van der Waals surface area contributed by atoms with Gasteiger partial charge in [0.15, 0.2) is 5.78 Å². The lowest BCUT2D eigenvalue weighted by Gasteiger charge is -2.07. The number of ketones is 1. The van der Waals surface area contributed by atoms with Crippen LogP contribution in [0.1, 0.15) is 15.9 Å². The molecule has 0 unspecified atom stereocenters. The van der Waals surface area contributed by atoms with E-state index in [4.69, 9.17) is 4.74 Å². The van der Waals surface area contributed by atoms with Gasteiger partial charge in [0.1, 0.15) is 6.61 Å². The minimum Gasteiger partial charge on any atom is -0.373 e. The van der Waals surface area contributed by atoms with Gasteiger partial charge in [-0.1, -0.05) is 36.4 Å². The average molecular weight is 212 g/mol. The van der Waals surface area contributed by atoms with Gasteiger partial charge in [0, 0.05) is 5.56 Å². The maximum absolute atomic E-state index is 11.8. The van der Waals surface area contributed by atoms with Gasteiger partial charge in [-0.15, -0.1) is 0 Å². The predicted molar refractivity (Wildman–Crippen MR) is 62.8 cm³/mol. The van der Waals surface area contributed by atoms with E-state index in [2.05, 4.69) is 12.1 Å². The third kappa shape index (κ3) is 1.42. The van der Waals surface area contributed by atoms with Crippen molar-refractivity contribution in [3.8, 4) is 0 Å². The van der Waals surface area contributed by atoms with Crippen molar-refractivity contribution in [3.05, 3.63) is 47.5 Å². The van der Waals surface area contributed by atoms with Crippen molar-refractivity contribution in [1.82, 2.24) is 0 Å². The van der Waals surface area contributed by atoms with Gasteiger partial charge in [0.25, 0.3) is 0 Å². The first-order valence-corrected chi connectivity index (χ1v) is 5.48. The van der Waals surface area contributed by atoms with Gasteiger partial charge in [-0.05, 0) is 22.8 Å². The number of fused-ring (bicyclic) bond motifs is 3. The van der Waals surface area contributed by atoms with Crippen LogP contribution in [-0.4, -0.2) is 19.0 Å². The standard InChI is InChI=1S/C14H12O2/c15-14-9-16-8-7-12-11-4-2-1-3-10(11)5-6-13(12)14/h1-6H,7-9H2. The number of hydrogen-bond donors (Lipinski definition) is 0. The van der Waals surface area contributed by atoms with Crippen molar-refractivity contribution < 1.29 is 9.53 Å². The Balaban J connectivity index is 2.32. The summed E-state index contributed by atoms with van der Waals surface area (Å²) in [6, 6.07) is 12.1. The zero-order chi connectivity index (χ0) is 11.0. The van der Waals surface area contributed by atoms with Gasteiger partial charge < -0.3 is 4.74 Å². The van der Waals surface area contributed by atoms with E-state index in [0.29, 0.717) is 6.61 Å². The van der Waals surface area contributed by atoms with Crippen LogP contribution in [0.5, 0.6) is 0 Å². The first-order chi connectivity index (χ1) is 7.86. The number of Topliss-reactive ketones (excluding diaryl/α,β-unsaturated/α-hetero) is 1. The van der Waals surface area contributed by atoms with Crippen molar-refractivity contribution >= 4 is 16.6 Å². The van der Waals surface area contributed by atoms with Crippen LogP contribution in [0, 0.1) is 0 Å². The third-order valence-corrected chi connectivity index (χ3v) is 3.07. The van der Waals surface area contributed by atoms with Gasteiger partial charge in [0.05, 0.1) is 6.61 Å². The Hall–Kier alpha value is -1.67. The summed E-state index contributed by atoms with van der Waals surface area (Å²) in [6.07, 6.45) is 0.822. The molecule has 0 fully saturated rings. The van der Waals surface area contributed by atoms with Crippen LogP contribution in [0.15, 0.2) is 36.4 Å². The summed E-state index contributed by atoms with van der Waals surface area (Å²) in [6.45, 7) is 0.845. The number of carbonyl (C=O) groups is 1. The Kier molecular flexibility index (Phi) is 2.22. The molecule has 0 radical (unpaired) electrons. The van der Waals surface area contributed by atoms with E-state index in [0.717, 1.165) is 17.5 Å². The second-order valence-electron chi connectivity index (χ2n) is 4.04. The Labute approximate surface area is 93.8 Å². The molecule has 0 N–H and O–H groups in total. The number of benzene rings is 2. The van der Waals surface area contributed by atoms with Crippen LogP contribution < -0.4 is 0 Å². The summed E-state index contributed by atoms with van der Waals surface area (Å²) in [4.78, 5) is 11.8. The van der Waals surface area contributed by atoms with E-state index in [9.17, 15) is 4.79 Å². The molecule has 16 heavy (non-hydrogen) atoms. The number of ether oxygens (including phenoxy) is 1. The fourth-order valence-corrected chi connectivity index (χ4v) is 2.28. The largest absolute Gasteiger partial charge is 0.373 e. The molecule has 3 rings (SSSR count). The van der Waals surface area contributed by atoms with Gasteiger partial charge in [-0.2, -0.15) is 0 Å². The molecule has 1 aliphatic rings. The molecule has 2 nitrogen and oxygen atoms in total. The molecule has 0 amide bonds. The summed E-state index contributed by atoms with van der Waals surface area (Å²) >= 11 is 0. The quantitative estimate of drug-likeness (QED) is 0.671. The van der Waals surface area contributed by atoms with Crippen LogP contribution in [0.4, 0.5) is 0 Å². The fourth-order valence-electron chi connectivity index (χ4n) is 2.28. The first-order valence-electron chi connectivity index (χ1n) is 5.48. The van der Waals surface area contributed by atoms with E-state index in [1.807, 2.05) is 24.3 Å². The monoisotopic (exact) mass is 212 g/mol. The molecule has 0 saturated carbocycles. The molecule has 2 aromatic carbocycles. The topological polar surface area (TPSA) is 26.3 Å². The Morgan fingerprint density at radius 2 is 1.94 bits per heavy atom. The van der Waals surface area contributed by atoms with Crippen LogP contribution in [0.3, 0.4) is 0 Å². The second-order valence-corrected chi connectivity index (χ2v) is 4.04. The Morgan fingerprint density at radius 3 is 2.88 bits per heavy atom. The third-order valence-electron chi connectivity index (χ3n) is 3.07. The highest BCUT2D eigenvalue weighted by Gasteiger charge is 2.17. The number of carbonyl (C=O) groups excluding carboxylic acids is 1. The SMILES string of the molecule is O=C1COCCc2c1ccc1ccccc21. The number of rotatable bonds is 0. The first kappa shape index (κ1) is 9.55. The van der Waals surface area contributed by atoms with Crippen LogP contribution >= 0.6 is 0 Å². The van der Waals surface area contributed by atoms with E-state index in [1.165, 1.54) is 10.8 Å². The average Bonchev–Trinajstić information content (AvgIpc) is 2.52. The molecule has 1 heterocycles. The van der Waals surface area contributed by atoms with Crippen LogP contribution in [0.2, 0.25) is 0 Å². The molecule has 80 valence electrons. The second kappa shape index (κ2) is 3.72. The summed E-state index contributed by atoms with van der Waals surface area (Å²) in [5, 5.41) is 2.37. The van der Waals surface area contributed by atoms with Gasteiger partial charge in [0.2, 0.25) is 0 Å². The Bertz CT molecular complexity index is 558.